The smallest absolute Gasteiger partial charge is 0.537 e. The lowest BCUT2D eigenvalue weighted by Crippen LogP contribution is -2.21. The Morgan fingerprint density at radius 3 is 2.60 bits per heavy atom. The van der Waals surface area contributed by atoms with Gasteiger partial charge in [-0.05, 0) is 62.8 Å². The summed E-state index contributed by atoms with van der Waals surface area (Å²) in [5, 5.41) is 11.1. The Balaban J connectivity index is 1.68. The molecule has 1 radical (unpaired) electrons. The molecule has 2 aromatic rings. The lowest BCUT2D eigenvalue weighted by Gasteiger charge is -2.16. The lowest BCUT2D eigenvalue weighted by atomic mass is 10.2. The van der Waals surface area contributed by atoms with Gasteiger partial charge in [-0.25, -0.2) is 8.42 Å². The minimum atomic E-state index is -3.34. The second-order valence-corrected chi connectivity index (χ2v) is 9.54. The number of carbonyl (C=O) groups excluding carboxylic acids is 1. The molecule has 0 aliphatic heterocycles. The molecule has 10 heteroatoms. The molecule has 0 unspecified atom stereocenters. The molecule has 3 rings (SSSR count). The fraction of sp³-hybridized carbons (Fsp3) is 0.350. The van der Waals surface area contributed by atoms with Gasteiger partial charge >= 0.3 is 7.69 Å². The summed E-state index contributed by atoms with van der Waals surface area (Å²) in [6.07, 6.45) is 1.39. The Kier molecular flexibility index (Phi) is 7.01. The van der Waals surface area contributed by atoms with Crippen LogP contribution in [0, 0.1) is 0 Å². The maximum Gasteiger partial charge on any atom is 0.569 e. The molecule has 30 heavy (non-hydrogen) atoms. The SMILES string of the molecule is CN(C)Cc1cc(NC(=O)COc2cccc(O[B]O)c2)ccc1S(=O)(=O)C1CC1. The van der Waals surface area contributed by atoms with E-state index in [0.29, 0.717) is 54.7 Å². The maximum absolute atomic E-state index is 12.7. The van der Waals surface area contributed by atoms with Crippen LogP contribution < -0.4 is 14.7 Å². The van der Waals surface area contributed by atoms with Crippen molar-refractivity contribution in [1.29, 1.82) is 0 Å². The van der Waals surface area contributed by atoms with E-state index in [2.05, 4.69) is 5.32 Å². The molecule has 2 aromatic carbocycles. The van der Waals surface area contributed by atoms with Crippen LogP contribution in [-0.2, 0) is 21.2 Å². The lowest BCUT2D eigenvalue weighted by molar-refractivity contribution is -0.118. The molecule has 0 aromatic heterocycles. The number of hydrogen-bond acceptors (Lipinski definition) is 7. The first kappa shape index (κ1) is 22.1. The molecule has 1 fully saturated rings. The fourth-order valence-corrected chi connectivity index (χ4v) is 4.86. The molecular weight excluding hydrogens is 407 g/mol. The van der Waals surface area contributed by atoms with E-state index in [-0.39, 0.29) is 17.8 Å². The van der Waals surface area contributed by atoms with Gasteiger partial charge in [0, 0.05) is 18.3 Å². The van der Waals surface area contributed by atoms with Gasteiger partial charge in [0.05, 0.1) is 10.1 Å². The van der Waals surface area contributed by atoms with Crippen LogP contribution in [-0.4, -0.2) is 57.9 Å². The number of anilines is 1. The third-order valence-electron chi connectivity index (χ3n) is 4.46. The molecule has 1 amide bonds. The monoisotopic (exact) mass is 431 g/mol. The molecule has 0 bridgehead atoms. The van der Waals surface area contributed by atoms with E-state index >= 15 is 0 Å². The fourth-order valence-electron chi connectivity index (χ4n) is 3.00. The number of rotatable bonds is 10. The van der Waals surface area contributed by atoms with Crippen LogP contribution in [0.4, 0.5) is 5.69 Å². The predicted octanol–water partition coefficient (Wildman–Crippen LogP) is 1.61. The number of amides is 1. The Labute approximate surface area is 177 Å². The Morgan fingerprint density at radius 1 is 1.20 bits per heavy atom. The van der Waals surface area contributed by atoms with Crippen molar-refractivity contribution < 1.29 is 27.6 Å². The molecule has 0 spiro atoms. The number of nitrogens with one attached hydrogen (secondary N) is 1. The first-order chi connectivity index (χ1) is 14.3. The summed E-state index contributed by atoms with van der Waals surface area (Å²) < 4.78 is 35.7. The molecule has 1 saturated carbocycles. The first-order valence-electron chi connectivity index (χ1n) is 9.46. The van der Waals surface area contributed by atoms with Crippen molar-refractivity contribution in [3.05, 3.63) is 48.0 Å². The van der Waals surface area contributed by atoms with Gasteiger partial charge in [-0.1, -0.05) is 6.07 Å². The molecule has 159 valence electrons. The van der Waals surface area contributed by atoms with E-state index in [1.54, 1.807) is 36.4 Å². The zero-order valence-electron chi connectivity index (χ0n) is 16.9. The van der Waals surface area contributed by atoms with Crippen LogP contribution >= 0.6 is 0 Å². The summed E-state index contributed by atoms with van der Waals surface area (Å²) in [4.78, 5) is 14.5. The minimum Gasteiger partial charge on any atom is -0.537 e. The van der Waals surface area contributed by atoms with Crippen LogP contribution in [0.3, 0.4) is 0 Å². The van der Waals surface area contributed by atoms with E-state index in [1.807, 2.05) is 19.0 Å². The number of ether oxygens (including phenoxy) is 1. The van der Waals surface area contributed by atoms with Crippen molar-refractivity contribution >= 4 is 29.1 Å². The van der Waals surface area contributed by atoms with E-state index in [0.717, 1.165) is 0 Å². The van der Waals surface area contributed by atoms with Crippen LogP contribution in [0.25, 0.3) is 0 Å². The minimum absolute atomic E-state index is 0.239. The number of hydrogen-bond donors (Lipinski definition) is 2. The predicted molar refractivity (Wildman–Crippen MR) is 113 cm³/mol. The molecule has 0 heterocycles. The third-order valence-corrected chi connectivity index (χ3v) is 6.83. The molecule has 0 saturated heterocycles. The van der Waals surface area contributed by atoms with Crippen LogP contribution in [0.5, 0.6) is 11.5 Å². The van der Waals surface area contributed by atoms with Gasteiger partial charge in [0.25, 0.3) is 5.91 Å². The van der Waals surface area contributed by atoms with Gasteiger partial charge in [0.1, 0.15) is 11.5 Å². The average molecular weight is 431 g/mol. The Morgan fingerprint density at radius 2 is 1.93 bits per heavy atom. The topological polar surface area (TPSA) is 105 Å². The summed E-state index contributed by atoms with van der Waals surface area (Å²) in [7, 11) is 0.941. The highest BCUT2D eigenvalue weighted by Crippen LogP contribution is 2.36. The summed E-state index contributed by atoms with van der Waals surface area (Å²) in [5.74, 6) is 0.392. The number of sulfone groups is 1. The molecule has 8 nitrogen and oxygen atoms in total. The van der Waals surface area contributed by atoms with Crippen molar-refractivity contribution in [3.8, 4) is 11.5 Å². The number of nitrogens with zero attached hydrogens (tertiary/aromatic N) is 1. The molecule has 2 N–H and O–H groups in total. The van der Waals surface area contributed by atoms with Crippen LogP contribution in [0.2, 0.25) is 0 Å². The molecule has 1 aliphatic carbocycles. The van der Waals surface area contributed by atoms with Crippen molar-refractivity contribution in [1.82, 2.24) is 4.90 Å². The van der Waals surface area contributed by atoms with Crippen molar-refractivity contribution in [2.75, 3.05) is 26.0 Å². The number of carbonyl (C=O) groups is 1. The van der Waals surface area contributed by atoms with E-state index in [4.69, 9.17) is 14.4 Å². The Bertz CT molecular complexity index is 1010. The highest BCUT2D eigenvalue weighted by atomic mass is 32.2. The first-order valence-corrected chi connectivity index (χ1v) is 11.0. The summed E-state index contributed by atoms with van der Waals surface area (Å²) >= 11 is 0. The van der Waals surface area contributed by atoms with Crippen LogP contribution in [0.15, 0.2) is 47.4 Å². The molecular formula is C20H24BN2O6S. The zero-order chi connectivity index (χ0) is 21.7. The van der Waals surface area contributed by atoms with Gasteiger partial charge in [-0.2, -0.15) is 0 Å². The van der Waals surface area contributed by atoms with E-state index in [9.17, 15) is 13.2 Å². The van der Waals surface area contributed by atoms with Gasteiger partial charge in [0.2, 0.25) is 0 Å². The van der Waals surface area contributed by atoms with Gasteiger partial charge in [-0.15, -0.1) is 0 Å². The highest BCUT2D eigenvalue weighted by Gasteiger charge is 2.38. The number of benzene rings is 2. The van der Waals surface area contributed by atoms with Crippen molar-refractivity contribution in [3.63, 3.8) is 0 Å². The van der Waals surface area contributed by atoms with Gasteiger partial charge in [0.15, 0.2) is 16.4 Å². The molecule has 1 aliphatic rings. The summed E-state index contributed by atoms with van der Waals surface area (Å²) in [6.45, 7) is 0.202. The van der Waals surface area contributed by atoms with Gasteiger partial charge in [-0.3, -0.25) is 4.79 Å². The quantitative estimate of drug-likeness (QED) is 0.551. The van der Waals surface area contributed by atoms with Crippen molar-refractivity contribution in [2.24, 2.45) is 0 Å². The third kappa shape index (κ3) is 5.75. The molecule has 0 atom stereocenters. The van der Waals surface area contributed by atoms with Gasteiger partial charge < -0.3 is 24.6 Å². The zero-order valence-corrected chi connectivity index (χ0v) is 17.7. The summed E-state index contributed by atoms with van der Waals surface area (Å²) in [5.41, 5.74) is 1.15. The largest absolute Gasteiger partial charge is 0.569 e. The second kappa shape index (κ2) is 9.50. The standard InChI is InChI=1S/C20H24BN2O6S/c1-23(2)12-14-10-15(6-9-19(14)30(26,27)18-7-8-18)22-20(24)13-28-16-4-3-5-17(11-16)29-21-25/h3-6,9-11,18,25H,7-8,12-13H2,1-2H3,(H,22,24). The second-order valence-electron chi connectivity index (χ2n) is 7.34. The van der Waals surface area contributed by atoms with Crippen LogP contribution in [0.1, 0.15) is 18.4 Å². The maximum atomic E-state index is 12.7. The highest BCUT2D eigenvalue weighted by molar-refractivity contribution is 7.92. The summed E-state index contributed by atoms with van der Waals surface area (Å²) in [6, 6.07) is 11.3. The van der Waals surface area contributed by atoms with E-state index in [1.165, 1.54) is 6.07 Å². The normalized spacial score (nSPS) is 13.7. The Hall–Kier alpha value is -2.56. The van der Waals surface area contributed by atoms with Crippen molar-refractivity contribution in [2.45, 2.75) is 29.5 Å². The average Bonchev–Trinajstić information content (AvgIpc) is 3.52. The van der Waals surface area contributed by atoms with E-state index < -0.39 is 9.84 Å².